The van der Waals surface area contributed by atoms with Crippen molar-refractivity contribution >= 4 is 34.5 Å². The Bertz CT molecular complexity index is 619. The Morgan fingerprint density at radius 1 is 1.29 bits per heavy atom. The normalized spacial score (nSPS) is 16.7. The topological polar surface area (TPSA) is 12.0 Å². The van der Waals surface area contributed by atoms with E-state index in [1.807, 2.05) is 6.07 Å². The second kappa shape index (κ2) is 6.70. The molecule has 112 valence electrons. The average Bonchev–Trinajstić information content (AvgIpc) is 2.73. The maximum atomic E-state index is 6.36. The van der Waals surface area contributed by atoms with E-state index in [9.17, 15) is 0 Å². The minimum atomic E-state index is 0.117. The molecule has 0 aliphatic heterocycles. The van der Waals surface area contributed by atoms with Gasteiger partial charge >= 0.3 is 0 Å². The van der Waals surface area contributed by atoms with Gasteiger partial charge in [-0.1, -0.05) is 60.8 Å². The molecular formula is C17H19Cl2NS. The van der Waals surface area contributed by atoms with Gasteiger partial charge in [0.05, 0.1) is 14.7 Å². The predicted octanol–water partition coefficient (Wildman–Crippen LogP) is 6.02. The standard InChI is InChI=1S/C17H19Cl2NS/c1-2-20-16(14-10-15(18)21-17(14)19)13-8-4-7-12(9-13)11-5-3-6-11/h4,7-11,16,20H,2-3,5-6H2,1H3. The van der Waals surface area contributed by atoms with Gasteiger partial charge in [-0.05, 0) is 42.5 Å². The van der Waals surface area contributed by atoms with E-state index >= 15 is 0 Å². The average molecular weight is 340 g/mol. The molecule has 0 saturated heterocycles. The number of hydrogen-bond donors (Lipinski definition) is 1. The third kappa shape index (κ3) is 3.29. The van der Waals surface area contributed by atoms with E-state index in [4.69, 9.17) is 23.2 Å². The van der Waals surface area contributed by atoms with Gasteiger partial charge in [-0.25, -0.2) is 0 Å². The van der Waals surface area contributed by atoms with Crippen molar-refractivity contribution in [3.05, 3.63) is 55.7 Å². The Kier molecular flexibility index (Phi) is 4.90. The van der Waals surface area contributed by atoms with Gasteiger partial charge in [-0.2, -0.15) is 0 Å². The summed E-state index contributed by atoms with van der Waals surface area (Å²) in [6.45, 7) is 3.01. The van der Waals surface area contributed by atoms with Crippen LogP contribution in [0.4, 0.5) is 0 Å². The zero-order valence-corrected chi connectivity index (χ0v) is 14.4. The Balaban J connectivity index is 1.95. The smallest absolute Gasteiger partial charge is 0.0995 e. The van der Waals surface area contributed by atoms with Gasteiger partial charge in [0.15, 0.2) is 0 Å². The third-order valence-corrected chi connectivity index (χ3v) is 5.74. The van der Waals surface area contributed by atoms with Crippen LogP contribution in [0.15, 0.2) is 30.3 Å². The summed E-state index contributed by atoms with van der Waals surface area (Å²) in [6, 6.07) is 11.0. The maximum Gasteiger partial charge on any atom is 0.0995 e. The van der Waals surface area contributed by atoms with Crippen molar-refractivity contribution < 1.29 is 0 Å². The largest absolute Gasteiger partial charge is 0.306 e. The number of benzene rings is 1. The predicted molar refractivity (Wildman–Crippen MR) is 92.9 cm³/mol. The highest BCUT2D eigenvalue weighted by Crippen LogP contribution is 2.40. The number of hydrogen-bond acceptors (Lipinski definition) is 2. The molecule has 3 rings (SSSR count). The van der Waals surface area contributed by atoms with Crippen LogP contribution >= 0.6 is 34.5 Å². The van der Waals surface area contributed by atoms with E-state index in [2.05, 4.69) is 36.5 Å². The first-order valence-corrected chi connectivity index (χ1v) is 9.04. The second-order valence-electron chi connectivity index (χ2n) is 5.57. The molecule has 0 radical (unpaired) electrons. The summed E-state index contributed by atoms with van der Waals surface area (Å²) in [5.41, 5.74) is 3.82. The Morgan fingerprint density at radius 3 is 2.67 bits per heavy atom. The number of nitrogens with one attached hydrogen (secondary N) is 1. The van der Waals surface area contributed by atoms with Gasteiger partial charge in [0.25, 0.3) is 0 Å². The molecule has 1 aromatic heterocycles. The lowest BCUT2D eigenvalue weighted by atomic mass is 9.79. The van der Waals surface area contributed by atoms with Crippen LogP contribution in [0.25, 0.3) is 0 Å². The molecule has 2 aromatic rings. The van der Waals surface area contributed by atoms with Crippen LogP contribution in [-0.2, 0) is 0 Å². The van der Waals surface area contributed by atoms with Gasteiger partial charge in [-0.3, -0.25) is 0 Å². The van der Waals surface area contributed by atoms with Gasteiger partial charge in [0.1, 0.15) is 0 Å². The summed E-state index contributed by atoms with van der Waals surface area (Å²) in [5.74, 6) is 0.744. The fourth-order valence-corrected chi connectivity index (χ4v) is 4.43. The number of rotatable bonds is 5. The first-order chi connectivity index (χ1) is 10.2. The molecule has 1 unspecified atom stereocenters. The molecule has 21 heavy (non-hydrogen) atoms. The van der Waals surface area contributed by atoms with Crippen LogP contribution in [0.1, 0.15) is 54.8 Å². The number of halogens is 2. The molecule has 1 aromatic carbocycles. The molecule has 1 fully saturated rings. The highest BCUT2D eigenvalue weighted by molar-refractivity contribution is 7.20. The molecule has 1 aliphatic carbocycles. The molecule has 0 spiro atoms. The summed E-state index contributed by atoms with van der Waals surface area (Å²) in [4.78, 5) is 0. The van der Waals surface area contributed by atoms with Crippen molar-refractivity contribution in [1.82, 2.24) is 5.32 Å². The van der Waals surface area contributed by atoms with E-state index in [0.717, 1.165) is 26.7 Å². The van der Waals surface area contributed by atoms with Crippen molar-refractivity contribution in [2.45, 2.75) is 38.1 Å². The summed E-state index contributed by atoms with van der Waals surface area (Å²) >= 11 is 13.9. The first-order valence-electron chi connectivity index (χ1n) is 7.47. The van der Waals surface area contributed by atoms with Crippen LogP contribution in [0, 0.1) is 0 Å². The van der Waals surface area contributed by atoms with Gasteiger partial charge < -0.3 is 5.32 Å². The Labute approximate surface area is 140 Å². The molecule has 4 heteroatoms. The van der Waals surface area contributed by atoms with Gasteiger partial charge in [-0.15, -0.1) is 11.3 Å². The van der Waals surface area contributed by atoms with Crippen LogP contribution in [-0.4, -0.2) is 6.54 Å². The molecule has 1 aliphatic rings. The fraction of sp³-hybridized carbons (Fsp3) is 0.412. The zero-order chi connectivity index (χ0) is 14.8. The third-order valence-electron chi connectivity index (χ3n) is 4.22. The molecule has 1 heterocycles. The van der Waals surface area contributed by atoms with Crippen molar-refractivity contribution in [2.75, 3.05) is 6.54 Å². The summed E-state index contributed by atoms with van der Waals surface area (Å²) in [5, 5.41) is 3.54. The molecule has 1 saturated carbocycles. The van der Waals surface area contributed by atoms with E-state index in [-0.39, 0.29) is 6.04 Å². The SMILES string of the molecule is CCNC(c1cccc(C2CCC2)c1)c1cc(Cl)sc1Cl. The lowest BCUT2D eigenvalue weighted by Gasteiger charge is -2.27. The second-order valence-corrected chi connectivity index (χ2v) is 7.85. The van der Waals surface area contributed by atoms with E-state index < -0.39 is 0 Å². The van der Waals surface area contributed by atoms with Gasteiger partial charge in [0, 0.05) is 5.56 Å². The van der Waals surface area contributed by atoms with E-state index in [0.29, 0.717) is 0 Å². The highest BCUT2D eigenvalue weighted by Gasteiger charge is 2.22. The highest BCUT2D eigenvalue weighted by atomic mass is 35.5. The lowest BCUT2D eigenvalue weighted by Crippen LogP contribution is -2.22. The fourth-order valence-electron chi connectivity index (χ4n) is 2.90. The molecule has 0 amide bonds. The quantitative estimate of drug-likeness (QED) is 0.702. The number of thiophene rings is 1. The van der Waals surface area contributed by atoms with E-state index in [1.165, 1.54) is 41.7 Å². The van der Waals surface area contributed by atoms with Gasteiger partial charge in [0.2, 0.25) is 0 Å². The van der Waals surface area contributed by atoms with Crippen LogP contribution in [0.5, 0.6) is 0 Å². The minimum absolute atomic E-state index is 0.117. The molecule has 1 N–H and O–H groups in total. The molecule has 1 atom stereocenters. The monoisotopic (exact) mass is 339 g/mol. The summed E-state index contributed by atoms with van der Waals surface area (Å²) in [7, 11) is 0. The van der Waals surface area contributed by atoms with Crippen molar-refractivity contribution in [2.24, 2.45) is 0 Å². The summed E-state index contributed by atoms with van der Waals surface area (Å²) < 4.78 is 1.52. The van der Waals surface area contributed by atoms with Crippen LogP contribution in [0.3, 0.4) is 0 Å². The molecule has 0 bridgehead atoms. The minimum Gasteiger partial charge on any atom is -0.306 e. The van der Waals surface area contributed by atoms with E-state index in [1.54, 1.807) is 0 Å². The zero-order valence-electron chi connectivity index (χ0n) is 12.0. The van der Waals surface area contributed by atoms with Crippen molar-refractivity contribution in [3.63, 3.8) is 0 Å². The van der Waals surface area contributed by atoms with Crippen molar-refractivity contribution in [3.8, 4) is 0 Å². The van der Waals surface area contributed by atoms with Crippen LogP contribution < -0.4 is 5.32 Å². The van der Waals surface area contributed by atoms with Crippen molar-refractivity contribution in [1.29, 1.82) is 0 Å². The lowest BCUT2D eigenvalue weighted by molar-refractivity contribution is 0.419. The Hall–Kier alpha value is -0.540. The molecular weight excluding hydrogens is 321 g/mol. The van der Waals surface area contributed by atoms with Crippen LogP contribution in [0.2, 0.25) is 8.67 Å². The summed E-state index contributed by atoms with van der Waals surface area (Å²) in [6.07, 6.45) is 4.00. The Morgan fingerprint density at radius 2 is 2.10 bits per heavy atom. The molecule has 1 nitrogen and oxygen atoms in total. The maximum absolute atomic E-state index is 6.36. The first kappa shape index (κ1) is 15.4.